The van der Waals surface area contributed by atoms with Crippen LogP contribution in [-0.2, 0) is 16.1 Å². The summed E-state index contributed by atoms with van der Waals surface area (Å²) in [4.78, 5) is 14.0. The van der Waals surface area contributed by atoms with E-state index in [1.165, 1.54) is 12.1 Å². The van der Waals surface area contributed by atoms with Crippen molar-refractivity contribution < 1.29 is 18.7 Å². The Kier molecular flexibility index (Phi) is 7.29. The van der Waals surface area contributed by atoms with Crippen molar-refractivity contribution in [1.29, 1.82) is 0 Å². The molecule has 1 saturated heterocycles. The van der Waals surface area contributed by atoms with Gasteiger partial charge in [-0.2, -0.15) is 0 Å². The quantitative estimate of drug-likeness (QED) is 0.817. The van der Waals surface area contributed by atoms with Crippen molar-refractivity contribution in [1.82, 2.24) is 10.2 Å². The number of nitrogens with one attached hydrogen (secondary N) is 1. The van der Waals surface area contributed by atoms with Crippen LogP contribution in [0.2, 0.25) is 0 Å². The minimum absolute atomic E-state index is 0.146. The average molecular weight is 324 g/mol. The highest BCUT2D eigenvalue weighted by Gasteiger charge is 2.14. The molecule has 5 nitrogen and oxygen atoms in total. The van der Waals surface area contributed by atoms with Gasteiger partial charge in [-0.05, 0) is 44.0 Å². The number of carbonyl (C=O) groups is 1. The topological polar surface area (TPSA) is 50.8 Å². The SMILES string of the molecule is CC1CN(CCCNC(=O)OCc2ccc(F)cc2)CCCO1. The van der Waals surface area contributed by atoms with Crippen LogP contribution in [-0.4, -0.2) is 49.9 Å². The molecule has 1 heterocycles. The summed E-state index contributed by atoms with van der Waals surface area (Å²) in [5.74, 6) is -0.300. The smallest absolute Gasteiger partial charge is 0.407 e. The molecule has 0 saturated carbocycles. The molecule has 1 N–H and O–H groups in total. The molecule has 1 aliphatic heterocycles. The van der Waals surface area contributed by atoms with Gasteiger partial charge in [0.25, 0.3) is 0 Å². The molecule has 1 aliphatic rings. The van der Waals surface area contributed by atoms with Crippen LogP contribution in [0.25, 0.3) is 0 Å². The predicted molar refractivity (Wildman–Crippen MR) is 85.7 cm³/mol. The van der Waals surface area contributed by atoms with Gasteiger partial charge in [-0.15, -0.1) is 0 Å². The average Bonchev–Trinajstić information content (AvgIpc) is 2.75. The standard InChI is InChI=1S/C17H25FN2O3/c1-14-12-20(10-3-11-22-14)9-2-8-19-17(21)23-13-15-4-6-16(18)7-5-15/h4-7,14H,2-3,8-13H2,1H3,(H,19,21). The number of nitrogens with zero attached hydrogens (tertiary/aromatic N) is 1. The maximum absolute atomic E-state index is 12.8. The summed E-state index contributed by atoms with van der Waals surface area (Å²) in [7, 11) is 0. The summed E-state index contributed by atoms with van der Waals surface area (Å²) in [5, 5.41) is 2.74. The van der Waals surface area contributed by atoms with Crippen LogP contribution in [0.4, 0.5) is 9.18 Å². The second-order valence-corrected chi connectivity index (χ2v) is 5.82. The minimum atomic E-state index is -0.443. The molecule has 128 valence electrons. The van der Waals surface area contributed by atoms with E-state index >= 15 is 0 Å². The molecular weight excluding hydrogens is 299 g/mol. The Labute approximate surface area is 136 Å². The summed E-state index contributed by atoms with van der Waals surface area (Å²) >= 11 is 0. The van der Waals surface area contributed by atoms with Crippen molar-refractivity contribution in [3.63, 3.8) is 0 Å². The van der Waals surface area contributed by atoms with E-state index in [1.807, 2.05) is 0 Å². The number of rotatable bonds is 6. The molecule has 1 unspecified atom stereocenters. The fourth-order valence-electron chi connectivity index (χ4n) is 2.56. The molecule has 23 heavy (non-hydrogen) atoms. The number of ether oxygens (including phenoxy) is 2. The van der Waals surface area contributed by atoms with Crippen molar-refractivity contribution >= 4 is 6.09 Å². The normalized spacial score (nSPS) is 19.1. The first-order chi connectivity index (χ1) is 11.1. The summed E-state index contributed by atoms with van der Waals surface area (Å²) < 4.78 is 23.5. The van der Waals surface area contributed by atoms with Gasteiger partial charge in [0.1, 0.15) is 12.4 Å². The van der Waals surface area contributed by atoms with E-state index in [0.29, 0.717) is 6.54 Å². The van der Waals surface area contributed by atoms with Gasteiger partial charge in [0.2, 0.25) is 0 Å². The Bertz CT molecular complexity index is 481. The zero-order valence-electron chi connectivity index (χ0n) is 13.6. The maximum Gasteiger partial charge on any atom is 0.407 e. The number of hydrogen-bond acceptors (Lipinski definition) is 4. The molecule has 2 rings (SSSR count). The van der Waals surface area contributed by atoms with Crippen LogP contribution < -0.4 is 5.32 Å². The highest BCUT2D eigenvalue weighted by atomic mass is 19.1. The maximum atomic E-state index is 12.8. The van der Waals surface area contributed by atoms with Gasteiger partial charge < -0.3 is 19.7 Å². The zero-order chi connectivity index (χ0) is 16.5. The van der Waals surface area contributed by atoms with E-state index in [4.69, 9.17) is 9.47 Å². The molecule has 1 atom stereocenters. The second kappa shape index (κ2) is 9.47. The van der Waals surface area contributed by atoms with Crippen LogP contribution in [0.15, 0.2) is 24.3 Å². The van der Waals surface area contributed by atoms with Crippen LogP contribution in [0, 0.1) is 5.82 Å². The van der Waals surface area contributed by atoms with Gasteiger partial charge in [0, 0.05) is 26.2 Å². The third-order valence-corrected chi connectivity index (χ3v) is 3.74. The lowest BCUT2D eigenvalue weighted by Crippen LogP contribution is -2.33. The van der Waals surface area contributed by atoms with Crippen molar-refractivity contribution in [2.24, 2.45) is 0 Å². The van der Waals surface area contributed by atoms with E-state index in [1.54, 1.807) is 12.1 Å². The third kappa shape index (κ3) is 6.97. The van der Waals surface area contributed by atoms with Crippen molar-refractivity contribution in [3.8, 4) is 0 Å². The largest absolute Gasteiger partial charge is 0.445 e. The van der Waals surface area contributed by atoms with Crippen molar-refractivity contribution in [3.05, 3.63) is 35.6 Å². The predicted octanol–water partition coefficient (Wildman–Crippen LogP) is 2.55. The Morgan fingerprint density at radius 1 is 1.43 bits per heavy atom. The molecule has 0 aliphatic carbocycles. The molecule has 0 radical (unpaired) electrons. The third-order valence-electron chi connectivity index (χ3n) is 3.74. The van der Waals surface area contributed by atoms with Crippen LogP contribution in [0.5, 0.6) is 0 Å². The summed E-state index contributed by atoms with van der Waals surface area (Å²) in [6, 6.07) is 5.90. The van der Waals surface area contributed by atoms with Gasteiger partial charge in [-0.1, -0.05) is 12.1 Å². The number of halogens is 1. The number of amides is 1. The fourth-order valence-corrected chi connectivity index (χ4v) is 2.56. The molecule has 1 amide bonds. The van der Waals surface area contributed by atoms with E-state index in [9.17, 15) is 9.18 Å². The first-order valence-corrected chi connectivity index (χ1v) is 8.12. The van der Waals surface area contributed by atoms with Gasteiger partial charge >= 0.3 is 6.09 Å². The second-order valence-electron chi connectivity index (χ2n) is 5.82. The van der Waals surface area contributed by atoms with Gasteiger partial charge in [0.05, 0.1) is 6.10 Å². The Morgan fingerprint density at radius 2 is 2.22 bits per heavy atom. The number of benzene rings is 1. The highest BCUT2D eigenvalue weighted by molar-refractivity contribution is 5.67. The zero-order valence-corrected chi connectivity index (χ0v) is 13.6. The number of carbonyl (C=O) groups excluding carboxylic acids is 1. The first-order valence-electron chi connectivity index (χ1n) is 8.12. The van der Waals surface area contributed by atoms with Crippen LogP contribution in [0.3, 0.4) is 0 Å². The highest BCUT2D eigenvalue weighted by Crippen LogP contribution is 2.06. The van der Waals surface area contributed by atoms with E-state index < -0.39 is 6.09 Å². The molecule has 6 heteroatoms. The van der Waals surface area contributed by atoms with Gasteiger partial charge in [0.15, 0.2) is 0 Å². The van der Waals surface area contributed by atoms with E-state index in [2.05, 4.69) is 17.1 Å². The molecule has 0 bridgehead atoms. The molecule has 0 aromatic heterocycles. The monoisotopic (exact) mass is 324 g/mol. The summed E-state index contributed by atoms with van der Waals surface area (Å²) in [5.41, 5.74) is 0.764. The lowest BCUT2D eigenvalue weighted by molar-refractivity contribution is 0.0675. The molecule has 1 aromatic rings. The molecule has 1 aromatic carbocycles. The first kappa shape index (κ1) is 17.7. The van der Waals surface area contributed by atoms with Crippen LogP contribution >= 0.6 is 0 Å². The molecule has 0 spiro atoms. The Balaban J connectivity index is 1.56. The van der Waals surface area contributed by atoms with Crippen molar-refractivity contribution in [2.45, 2.75) is 32.5 Å². The Hall–Kier alpha value is -1.66. The Morgan fingerprint density at radius 3 is 3.00 bits per heavy atom. The lowest BCUT2D eigenvalue weighted by Gasteiger charge is -2.21. The fraction of sp³-hybridized carbons (Fsp3) is 0.588. The summed E-state index contributed by atoms with van der Waals surface area (Å²) in [6.45, 7) is 6.55. The molecule has 1 fully saturated rings. The lowest BCUT2D eigenvalue weighted by atomic mass is 10.2. The minimum Gasteiger partial charge on any atom is -0.445 e. The number of hydrogen-bond donors (Lipinski definition) is 1. The number of alkyl carbamates (subject to hydrolysis) is 1. The molecular formula is C17H25FN2O3. The van der Waals surface area contributed by atoms with E-state index in [-0.39, 0.29) is 18.5 Å². The van der Waals surface area contributed by atoms with Gasteiger partial charge in [-0.25, -0.2) is 9.18 Å². The van der Waals surface area contributed by atoms with Crippen molar-refractivity contribution in [2.75, 3.05) is 32.8 Å². The van der Waals surface area contributed by atoms with Gasteiger partial charge in [-0.3, -0.25) is 0 Å². The van der Waals surface area contributed by atoms with E-state index in [0.717, 1.165) is 44.6 Å². The summed E-state index contributed by atoms with van der Waals surface area (Å²) in [6.07, 6.45) is 1.75. The van der Waals surface area contributed by atoms with Crippen LogP contribution in [0.1, 0.15) is 25.3 Å².